The van der Waals surface area contributed by atoms with E-state index in [9.17, 15) is 9.90 Å². The maximum Gasteiger partial charge on any atom is 0.269 e. The number of aliphatic hydroxyl groups excluding tert-OH is 1. The van der Waals surface area contributed by atoms with Crippen LogP contribution < -0.4 is 14.8 Å². The Bertz CT molecular complexity index is 792. The predicted octanol–water partition coefficient (Wildman–Crippen LogP) is 0.669. The summed E-state index contributed by atoms with van der Waals surface area (Å²) in [7, 11) is 7.07. The van der Waals surface area contributed by atoms with Crippen LogP contribution in [0.15, 0.2) is 36.5 Å². The first-order valence-electron chi connectivity index (χ1n) is 8.84. The summed E-state index contributed by atoms with van der Waals surface area (Å²) in [6.07, 6.45) is 0.880. The Labute approximate surface area is 158 Å². The number of amides is 1. The minimum absolute atomic E-state index is 0.221. The van der Waals surface area contributed by atoms with Crippen molar-refractivity contribution in [2.24, 2.45) is 7.05 Å². The van der Waals surface area contributed by atoms with Crippen LogP contribution in [0.5, 0.6) is 11.5 Å². The van der Waals surface area contributed by atoms with E-state index in [1.807, 2.05) is 37.2 Å². The topological polar surface area (TPSA) is 88.8 Å². The molecule has 0 bridgehead atoms. The molecule has 1 saturated carbocycles. The molecule has 0 spiro atoms. The van der Waals surface area contributed by atoms with Crippen LogP contribution in [0.1, 0.15) is 16.9 Å². The Morgan fingerprint density at radius 1 is 1.33 bits per heavy atom. The third-order valence-corrected chi connectivity index (χ3v) is 4.92. The van der Waals surface area contributed by atoms with Gasteiger partial charge in [0.25, 0.3) is 5.91 Å². The summed E-state index contributed by atoms with van der Waals surface area (Å²) in [6, 6.07) is 8.40. The van der Waals surface area contributed by atoms with Gasteiger partial charge in [-0.05, 0) is 32.3 Å². The summed E-state index contributed by atoms with van der Waals surface area (Å²) in [5.74, 6) is 1.08. The lowest BCUT2D eigenvalue weighted by Gasteiger charge is -2.29. The number of likely N-dealkylation sites (N-methyl/N-ethyl adjacent to an activating group) is 1. The van der Waals surface area contributed by atoms with E-state index in [1.165, 1.54) is 4.68 Å². The van der Waals surface area contributed by atoms with Crippen LogP contribution in [-0.2, 0) is 7.05 Å². The molecule has 3 rings (SSSR count). The number of hydrogen-bond acceptors (Lipinski definition) is 6. The van der Waals surface area contributed by atoms with Crippen LogP contribution in [-0.4, -0.2) is 71.2 Å². The second-order valence-corrected chi connectivity index (χ2v) is 6.94. The molecule has 1 fully saturated rings. The Morgan fingerprint density at radius 2 is 2.07 bits per heavy atom. The molecule has 8 nitrogen and oxygen atoms in total. The maximum atomic E-state index is 12.6. The number of nitrogens with one attached hydrogen (secondary N) is 1. The van der Waals surface area contributed by atoms with E-state index in [1.54, 1.807) is 32.5 Å². The minimum Gasteiger partial charge on any atom is -0.497 e. The first-order chi connectivity index (χ1) is 12.9. The molecule has 0 unspecified atom stereocenters. The molecule has 1 heterocycles. The quantitative estimate of drug-likeness (QED) is 0.773. The van der Waals surface area contributed by atoms with Crippen molar-refractivity contribution in [3.8, 4) is 11.5 Å². The number of methoxy groups -OCH3 is 1. The number of carbonyl (C=O) groups is 1. The second kappa shape index (κ2) is 7.98. The molecule has 0 radical (unpaired) electrons. The summed E-state index contributed by atoms with van der Waals surface area (Å²) in [4.78, 5) is 14.5. The van der Waals surface area contributed by atoms with Crippen molar-refractivity contribution in [1.82, 2.24) is 20.0 Å². The molecule has 1 aromatic heterocycles. The van der Waals surface area contributed by atoms with Crippen molar-refractivity contribution in [2.45, 2.75) is 30.7 Å². The van der Waals surface area contributed by atoms with Crippen molar-refractivity contribution in [2.75, 3.05) is 21.2 Å². The highest BCUT2D eigenvalue weighted by Gasteiger charge is 2.46. The van der Waals surface area contributed by atoms with Gasteiger partial charge in [-0.15, -0.1) is 0 Å². The lowest BCUT2D eigenvalue weighted by atomic mass is 10.1. The van der Waals surface area contributed by atoms with Crippen molar-refractivity contribution in [1.29, 1.82) is 0 Å². The van der Waals surface area contributed by atoms with Gasteiger partial charge in [0.15, 0.2) is 0 Å². The summed E-state index contributed by atoms with van der Waals surface area (Å²) >= 11 is 0. The van der Waals surface area contributed by atoms with Crippen molar-refractivity contribution in [3.05, 3.63) is 42.2 Å². The molecule has 0 aliphatic heterocycles. The largest absolute Gasteiger partial charge is 0.497 e. The first kappa shape index (κ1) is 19.2. The molecule has 1 aliphatic rings. The van der Waals surface area contributed by atoms with E-state index in [0.717, 1.165) is 0 Å². The molecule has 2 N–H and O–H groups in total. The fourth-order valence-electron chi connectivity index (χ4n) is 3.60. The molecule has 146 valence electrons. The minimum atomic E-state index is -0.747. The Morgan fingerprint density at radius 3 is 2.70 bits per heavy atom. The molecule has 1 aliphatic carbocycles. The van der Waals surface area contributed by atoms with E-state index >= 15 is 0 Å². The zero-order chi connectivity index (χ0) is 19.6. The molecule has 4 atom stereocenters. The molecular weight excluding hydrogens is 348 g/mol. The smallest absolute Gasteiger partial charge is 0.269 e. The standard InChI is InChI=1S/C19H26N4O4/c1-22(2)17-14(21-19(25)15-8-9-20-23(15)3)11-16(18(17)24)27-13-7-5-6-12(10-13)26-4/h5-10,14,16-18,24H,11H2,1-4H3,(H,21,25)/t14-,16-,17+,18+/m1/s1. The summed E-state index contributed by atoms with van der Waals surface area (Å²) in [5, 5.41) is 17.9. The highest BCUT2D eigenvalue weighted by atomic mass is 16.5. The van der Waals surface area contributed by atoms with Gasteiger partial charge >= 0.3 is 0 Å². The number of hydrogen-bond donors (Lipinski definition) is 2. The van der Waals surface area contributed by atoms with Crippen LogP contribution >= 0.6 is 0 Å². The molecule has 1 aromatic carbocycles. The van der Waals surface area contributed by atoms with E-state index in [-0.39, 0.29) is 18.0 Å². The van der Waals surface area contributed by atoms with Gasteiger partial charge in [-0.25, -0.2) is 0 Å². The maximum absolute atomic E-state index is 12.6. The molecule has 8 heteroatoms. The highest BCUT2D eigenvalue weighted by Crippen LogP contribution is 2.29. The van der Waals surface area contributed by atoms with Gasteiger partial charge in [0.05, 0.1) is 19.2 Å². The fourth-order valence-corrected chi connectivity index (χ4v) is 3.60. The monoisotopic (exact) mass is 374 g/mol. The fraction of sp³-hybridized carbons (Fsp3) is 0.474. The highest BCUT2D eigenvalue weighted by molar-refractivity contribution is 5.92. The van der Waals surface area contributed by atoms with Gasteiger partial charge < -0.3 is 24.8 Å². The van der Waals surface area contributed by atoms with Gasteiger partial charge in [-0.2, -0.15) is 5.10 Å². The van der Waals surface area contributed by atoms with Gasteiger partial charge in [0.1, 0.15) is 29.4 Å². The van der Waals surface area contributed by atoms with Gasteiger partial charge in [-0.3, -0.25) is 9.48 Å². The lowest BCUT2D eigenvalue weighted by Crippen LogP contribution is -2.51. The third kappa shape index (κ3) is 4.06. The summed E-state index contributed by atoms with van der Waals surface area (Å²) < 4.78 is 12.8. The van der Waals surface area contributed by atoms with Crippen LogP contribution in [0.4, 0.5) is 0 Å². The van der Waals surface area contributed by atoms with Crippen LogP contribution in [0.25, 0.3) is 0 Å². The number of benzene rings is 1. The van der Waals surface area contributed by atoms with Crippen molar-refractivity contribution < 1.29 is 19.4 Å². The average Bonchev–Trinajstić information content (AvgIpc) is 3.18. The third-order valence-electron chi connectivity index (χ3n) is 4.92. The average molecular weight is 374 g/mol. The van der Waals surface area contributed by atoms with E-state index < -0.39 is 12.2 Å². The molecule has 0 saturated heterocycles. The Kier molecular flexibility index (Phi) is 5.67. The van der Waals surface area contributed by atoms with Crippen molar-refractivity contribution in [3.63, 3.8) is 0 Å². The van der Waals surface area contributed by atoms with E-state index in [0.29, 0.717) is 23.6 Å². The van der Waals surface area contributed by atoms with Gasteiger partial charge in [-0.1, -0.05) is 6.07 Å². The second-order valence-electron chi connectivity index (χ2n) is 6.94. The number of aromatic nitrogens is 2. The summed E-state index contributed by atoms with van der Waals surface area (Å²) in [5.41, 5.74) is 0.471. The Balaban J connectivity index is 1.74. The number of aliphatic hydroxyl groups is 1. The first-order valence-corrected chi connectivity index (χ1v) is 8.84. The van der Waals surface area contributed by atoms with E-state index in [4.69, 9.17) is 9.47 Å². The van der Waals surface area contributed by atoms with Crippen molar-refractivity contribution >= 4 is 5.91 Å². The number of nitrogens with zero attached hydrogens (tertiary/aromatic N) is 3. The zero-order valence-corrected chi connectivity index (χ0v) is 16.0. The summed E-state index contributed by atoms with van der Waals surface area (Å²) in [6.45, 7) is 0. The van der Waals surface area contributed by atoms with Crippen LogP contribution in [0, 0.1) is 0 Å². The molecule has 2 aromatic rings. The van der Waals surface area contributed by atoms with Crippen LogP contribution in [0.2, 0.25) is 0 Å². The SMILES string of the molecule is COc1cccc(O[C@@H]2C[C@@H](NC(=O)c3ccnn3C)[C@H](N(C)C)[C@H]2O)c1. The number of rotatable bonds is 6. The lowest BCUT2D eigenvalue weighted by molar-refractivity contribution is 0.0209. The molecular formula is C19H26N4O4. The molecule has 27 heavy (non-hydrogen) atoms. The predicted molar refractivity (Wildman–Crippen MR) is 100.0 cm³/mol. The van der Waals surface area contributed by atoms with Gasteiger partial charge in [0.2, 0.25) is 0 Å². The normalized spacial score (nSPS) is 24.8. The Hall–Kier alpha value is -2.58. The number of carbonyl (C=O) groups excluding carboxylic acids is 1. The van der Waals surface area contributed by atoms with Gasteiger partial charge in [0, 0.05) is 25.7 Å². The number of ether oxygens (including phenoxy) is 2. The van der Waals surface area contributed by atoms with Crippen LogP contribution in [0.3, 0.4) is 0 Å². The molecule has 1 amide bonds. The van der Waals surface area contributed by atoms with E-state index in [2.05, 4.69) is 10.4 Å². The number of aryl methyl sites for hydroxylation is 1. The zero-order valence-electron chi connectivity index (χ0n) is 16.0.